The molecule has 0 atom stereocenters. The molecule has 8 nitrogen and oxygen atoms in total. The van der Waals surface area contributed by atoms with Crippen LogP contribution < -0.4 is 20.7 Å². The van der Waals surface area contributed by atoms with Crippen LogP contribution in [0.5, 0.6) is 0 Å². The summed E-state index contributed by atoms with van der Waals surface area (Å²) in [7, 11) is -8.94. The molecule has 139 heavy (non-hydrogen) atoms. The van der Waals surface area contributed by atoms with Gasteiger partial charge in [-0.1, -0.05) is 201 Å². The number of pyridine rings is 8. The molecular formula is C120H127F3Ir4N8Si4-8. The van der Waals surface area contributed by atoms with E-state index in [2.05, 4.69) is 153 Å². The van der Waals surface area contributed by atoms with Crippen molar-refractivity contribution in [1.29, 1.82) is 0 Å². The summed E-state index contributed by atoms with van der Waals surface area (Å²) in [6.07, 6.45) is 18.3. The fourth-order valence-electron chi connectivity index (χ4n) is 17.3. The van der Waals surface area contributed by atoms with Gasteiger partial charge >= 0.3 is 6.18 Å². The van der Waals surface area contributed by atoms with E-state index in [4.69, 9.17) is 21.9 Å². The van der Waals surface area contributed by atoms with Gasteiger partial charge in [0.1, 0.15) is 0 Å². The van der Waals surface area contributed by atoms with Crippen LogP contribution in [0.1, 0.15) is 109 Å². The van der Waals surface area contributed by atoms with Crippen molar-refractivity contribution in [2.24, 2.45) is 35.5 Å². The van der Waals surface area contributed by atoms with E-state index in [9.17, 15) is 13.2 Å². The Bertz CT molecular complexity index is 6430. The van der Waals surface area contributed by atoms with Crippen LogP contribution in [0.25, 0.3) is 90.1 Å². The molecule has 8 heterocycles. The normalized spacial score (nSPS) is 17.0. The van der Waals surface area contributed by atoms with Crippen LogP contribution in [0.3, 0.4) is 0 Å². The number of halogens is 3. The Balaban J connectivity index is 0.000000220. The maximum atomic E-state index is 12.9. The zero-order valence-electron chi connectivity index (χ0n) is 96.0. The van der Waals surface area contributed by atoms with E-state index in [0.29, 0.717) is 34.1 Å². The monoisotopic (exact) mass is 2640 g/mol. The second kappa shape index (κ2) is 55.6. The van der Waals surface area contributed by atoms with E-state index in [-0.39, 0.29) is 93.3 Å². The number of hydrogen-bond donors (Lipinski definition) is 0. The molecule has 20 rings (SSSR count). The van der Waals surface area contributed by atoms with Crippen molar-refractivity contribution in [2.45, 2.75) is 170 Å². The van der Waals surface area contributed by atoms with Crippen LogP contribution in [0.15, 0.2) is 335 Å². The molecule has 4 radical (unpaired) electrons. The molecule has 8 aromatic heterocycles. The third-order valence-electron chi connectivity index (χ3n) is 23.7. The Hall–Kier alpha value is -9.79. The molecule has 0 unspecified atom stereocenters. The van der Waals surface area contributed by atoms with Gasteiger partial charge in [-0.15, -0.1) is 281 Å². The van der Waals surface area contributed by atoms with Crippen LogP contribution in [0.2, 0.25) is 78.4 Å². The molecule has 4 bridgehead atoms. The Labute approximate surface area is 907 Å². The number of hydrogen-bond acceptors (Lipinski definition) is 8. The van der Waals surface area contributed by atoms with Gasteiger partial charge in [-0.05, 0) is 189 Å². The fraction of sp³-hybridized carbons (Fsp3) is 0.267. The van der Waals surface area contributed by atoms with E-state index >= 15 is 0 Å². The van der Waals surface area contributed by atoms with Crippen LogP contribution in [0.4, 0.5) is 13.2 Å². The molecule has 0 N–H and O–H groups in total. The second-order valence-electron chi connectivity index (χ2n) is 37.0. The first-order valence-electron chi connectivity index (χ1n) is 53.8. The van der Waals surface area contributed by atoms with Gasteiger partial charge in [-0.2, -0.15) is 13.2 Å². The third kappa shape index (κ3) is 34.8. The van der Waals surface area contributed by atoms with E-state index in [1.54, 1.807) is 55.2 Å². The van der Waals surface area contributed by atoms with E-state index in [1.807, 2.05) is 256 Å². The first-order valence-corrected chi connectivity index (χ1v) is 58.8. The van der Waals surface area contributed by atoms with Crippen molar-refractivity contribution in [1.82, 2.24) is 39.9 Å². The van der Waals surface area contributed by atoms with Crippen molar-refractivity contribution in [3.8, 4) is 90.1 Å². The van der Waals surface area contributed by atoms with Gasteiger partial charge in [0.15, 0.2) is 0 Å². The molecule has 16 aromatic rings. The Morgan fingerprint density at radius 3 is 0.885 bits per heavy atom. The summed E-state index contributed by atoms with van der Waals surface area (Å²) < 4.78 is 163. The molecule has 0 amide bonds. The molecule has 4 aliphatic rings. The SMILES string of the molecule is C[Si](C)(C)c1cnc(-c2[c-]cc(C(F)(F)F)cc2)cc1CC1C2CC3CC(C2)CC1C3.[2H]C([2H])([2H])C([2H])(Cc1cc(-c2[c-]cccc2)ncc1[Si](C)(C)C)C([2H])([2H])[2H].[2H]C([2H])([2H])Cc1cc(-c2[c-]cccc2)ncc1[Si](C)(C)C.[2H]C([2H])([2H])[Si](C)(c1cnc(-c2[c-]cccc2)cc1CC)C([2H])([2H])[2H].[Ir].[Ir].[Ir].[Ir].[c-]1ccccc1-c1ccccn1.[c-]1ccccc1-c1ccccn1.[c-]1ccccc1-c1ccccn1.[c-]1ccccc1-c1ccccn1. The van der Waals surface area contributed by atoms with Gasteiger partial charge < -0.3 is 39.9 Å². The van der Waals surface area contributed by atoms with Crippen molar-refractivity contribution in [3.63, 3.8) is 0 Å². The fourth-order valence-corrected chi connectivity index (χ4v) is 23.3. The van der Waals surface area contributed by atoms with Gasteiger partial charge in [-0.3, -0.25) is 0 Å². The van der Waals surface area contributed by atoms with Gasteiger partial charge in [-0.25, -0.2) is 0 Å². The van der Waals surface area contributed by atoms with Crippen LogP contribution >= 0.6 is 0 Å². The third-order valence-corrected chi connectivity index (χ3v) is 31.4. The van der Waals surface area contributed by atoms with Crippen molar-refractivity contribution < 1.29 is 116 Å². The first-order chi connectivity index (χ1) is 71.3. The molecule has 728 valence electrons. The summed E-state index contributed by atoms with van der Waals surface area (Å²) in [5.74, 6) is 1.82. The van der Waals surface area contributed by atoms with Crippen LogP contribution in [0, 0.1) is 84.0 Å². The Morgan fingerprint density at radius 1 is 0.331 bits per heavy atom. The molecular weight excluding hydrogens is 2490 g/mol. The zero-order valence-corrected chi connectivity index (χ0v) is 93.6. The number of benzene rings is 8. The summed E-state index contributed by atoms with van der Waals surface area (Å²) >= 11 is 0. The summed E-state index contributed by atoms with van der Waals surface area (Å²) in [4.78, 5) is 34.9. The average Bonchev–Trinajstić information content (AvgIpc) is 0.754. The molecule has 0 saturated heterocycles. The molecule has 4 aliphatic carbocycles. The van der Waals surface area contributed by atoms with E-state index in [1.165, 1.54) is 61.7 Å². The number of nitrogens with zero attached hydrogens (tertiary/aromatic N) is 8. The van der Waals surface area contributed by atoms with Crippen molar-refractivity contribution in [2.75, 3.05) is 0 Å². The molecule has 0 spiro atoms. The standard InChI is InChI=1S/C26H31F3NSi.C18H24NSi.2C16H20NSi.4C11H8N.4Ir/c1-31(2,3)25-15-30-24(18-4-6-22(7-5-18)26(27,28)29)14-21(25)13-23-19-9-16-8-17(11-19)12-20(23)10-16;1-14(2)11-16-12-17(15-9-7-6-8-10-15)19-13-18(16)20(3,4)5;2*1-5-13-11-15(14-9-7-6-8-10-14)17-12-16(13)18(2,3)4;4*1-2-6-10(7-3-1)11-8-4-5-9-12-11;;;;/h4,6-7,14-17,19-20,23H,8-13H2,1-3H3;6-9,12-14H,11H2,1-5H3;2*6-9,11-12H,5H2,1-4H3;4*1-6,8-9H;;;;/q8*-1;;;;/i;1D3,2D3,14D;2D3,3D3;1D3;;;;;;;;. The van der Waals surface area contributed by atoms with Gasteiger partial charge in [0.25, 0.3) is 0 Å². The smallest absolute Gasteiger partial charge is 0.305 e. The number of alkyl halides is 3. The maximum Gasteiger partial charge on any atom is 0.381 e. The summed E-state index contributed by atoms with van der Waals surface area (Å²) in [6.45, 7) is 10.3. The molecule has 0 aliphatic heterocycles. The van der Waals surface area contributed by atoms with Gasteiger partial charge in [0.2, 0.25) is 0 Å². The topological polar surface area (TPSA) is 103 Å². The minimum Gasteiger partial charge on any atom is -0.305 e. The number of aryl methyl sites for hydroxylation is 2. The van der Waals surface area contributed by atoms with Crippen molar-refractivity contribution in [3.05, 3.63) is 411 Å². The number of rotatable bonds is 18. The minimum absolute atomic E-state index is 0. The van der Waals surface area contributed by atoms with Crippen molar-refractivity contribution >= 4 is 53.0 Å². The molecule has 19 heteroatoms. The maximum absolute atomic E-state index is 12.9. The second-order valence-corrected chi connectivity index (χ2v) is 55.0. The quantitative estimate of drug-likeness (QED) is 0.0618. The number of aromatic nitrogens is 8. The zero-order chi connectivity index (χ0) is 109. The summed E-state index contributed by atoms with van der Waals surface area (Å²) in [5.41, 5.74) is 16.8. The molecule has 4 saturated carbocycles. The predicted molar refractivity (Wildman–Crippen MR) is 567 cm³/mol. The molecule has 8 aromatic carbocycles. The Morgan fingerprint density at radius 2 is 0.619 bits per heavy atom. The Kier molecular flexibility index (Phi) is 36.7. The molecule has 4 fully saturated rings. The van der Waals surface area contributed by atoms with Crippen LogP contribution in [-0.4, -0.2) is 72.2 Å². The van der Waals surface area contributed by atoms with Crippen LogP contribution in [-0.2, 0) is 112 Å². The minimum atomic E-state index is -4.34. The van der Waals surface area contributed by atoms with E-state index in [0.717, 1.165) is 143 Å². The summed E-state index contributed by atoms with van der Waals surface area (Å²) in [6, 6.07) is 113. The predicted octanol–water partition coefficient (Wildman–Crippen LogP) is 28.5. The van der Waals surface area contributed by atoms with Gasteiger partial charge in [0, 0.05) is 152 Å². The average molecular weight is 2640 g/mol. The van der Waals surface area contributed by atoms with Gasteiger partial charge in [0.05, 0.1) is 32.3 Å². The summed E-state index contributed by atoms with van der Waals surface area (Å²) in [5, 5.41) is 3.78. The van der Waals surface area contributed by atoms with E-state index < -0.39 is 83.4 Å². The first kappa shape index (κ1) is 91.7. The largest absolute Gasteiger partial charge is 0.381 e.